The lowest BCUT2D eigenvalue weighted by Crippen LogP contribution is -2.35. The molecule has 1 aliphatic heterocycles. The first-order valence-corrected chi connectivity index (χ1v) is 12.9. The molecule has 0 bridgehead atoms. The third-order valence-corrected chi connectivity index (χ3v) is 6.35. The van der Waals surface area contributed by atoms with E-state index in [1.165, 1.54) is 19.1 Å². The third kappa shape index (κ3) is 7.23. The molecule has 12 nitrogen and oxygen atoms in total. The molecule has 0 unspecified atom stereocenters. The Morgan fingerprint density at radius 2 is 1.90 bits per heavy atom. The molecule has 3 N–H and O–H groups in total. The highest BCUT2D eigenvalue weighted by molar-refractivity contribution is 5.95. The standard InChI is InChI=1S/C28H32N4O8/c1-19(34)31-18-24(23-4-2-3-5-25(23)31)20-16-26(40-27(17-20)39-15-14-38-13-12-33)28(35)30-11-10-29-21-6-8-22(9-7-21)32(36)37/h2-9,16,18,20,27,29,33H,10-15,17H2,1H3,(H,30,35)/t20-,27+/m0/s1. The van der Waals surface area contributed by atoms with E-state index in [2.05, 4.69) is 10.6 Å². The first kappa shape index (κ1) is 28.7. The summed E-state index contributed by atoms with van der Waals surface area (Å²) in [6, 6.07) is 13.6. The molecule has 40 heavy (non-hydrogen) atoms. The third-order valence-electron chi connectivity index (χ3n) is 6.35. The molecular formula is C28H32N4O8. The van der Waals surface area contributed by atoms with Gasteiger partial charge in [0.25, 0.3) is 11.6 Å². The fraction of sp³-hybridized carbons (Fsp3) is 0.357. The zero-order valence-corrected chi connectivity index (χ0v) is 22.1. The van der Waals surface area contributed by atoms with Crippen molar-refractivity contribution in [3.05, 3.63) is 82.2 Å². The van der Waals surface area contributed by atoms with Crippen molar-refractivity contribution in [3.63, 3.8) is 0 Å². The number of aromatic nitrogens is 1. The van der Waals surface area contributed by atoms with Gasteiger partial charge in [0.2, 0.25) is 12.2 Å². The second kappa shape index (κ2) is 13.7. The largest absolute Gasteiger partial charge is 0.459 e. The van der Waals surface area contributed by atoms with E-state index in [0.717, 1.165) is 16.5 Å². The Balaban J connectivity index is 1.45. The fourth-order valence-electron chi connectivity index (χ4n) is 4.47. The number of rotatable bonds is 13. The summed E-state index contributed by atoms with van der Waals surface area (Å²) in [5, 5.41) is 26.5. The maximum atomic E-state index is 13.1. The zero-order chi connectivity index (χ0) is 28.5. The molecule has 0 fully saturated rings. The van der Waals surface area contributed by atoms with Crippen molar-refractivity contribution < 1.29 is 33.8 Å². The lowest BCUT2D eigenvalue weighted by molar-refractivity contribution is -0.384. The van der Waals surface area contributed by atoms with Crippen LogP contribution in [0.25, 0.3) is 10.9 Å². The van der Waals surface area contributed by atoms with E-state index in [4.69, 9.17) is 19.3 Å². The van der Waals surface area contributed by atoms with Crippen LogP contribution in [-0.2, 0) is 19.0 Å². The number of carbonyl (C=O) groups excluding carboxylic acids is 2. The van der Waals surface area contributed by atoms with Gasteiger partial charge in [0.05, 0.1) is 36.9 Å². The number of hydrogen-bond donors (Lipinski definition) is 3. The van der Waals surface area contributed by atoms with Crippen molar-refractivity contribution in [1.82, 2.24) is 9.88 Å². The summed E-state index contributed by atoms with van der Waals surface area (Å²) in [5.41, 5.74) is 2.34. The number of nitrogens with one attached hydrogen (secondary N) is 2. The number of ether oxygens (including phenoxy) is 3. The highest BCUT2D eigenvalue weighted by Crippen LogP contribution is 2.36. The monoisotopic (exact) mass is 552 g/mol. The number of non-ortho nitro benzene ring substituents is 1. The Labute approximate surface area is 230 Å². The van der Waals surface area contributed by atoms with E-state index in [0.29, 0.717) is 18.7 Å². The summed E-state index contributed by atoms with van der Waals surface area (Å²) >= 11 is 0. The Kier molecular flexibility index (Phi) is 9.84. The predicted octanol–water partition coefficient (Wildman–Crippen LogP) is 3.18. The average molecular weight is 553 g/mol. The highest BCUT2D eigenvalue weighted by atomic mass is 16.7. The number of carbonyl (C=O) groups is 2. The van der Waals surface area contributed by atoms with Crippen LogP contribution in [0, 0.1) is 10.1 Å². The van der Waals surface area contributed by atoms with E-state index in [1.54, 1.807) is 29.0 Å². The minimum atomic E-state index is -0.730. The lowest BCUT2D eigenvalue weighted by Gasteiger charge is -2.29. The summed E-state index contributed by atoms with van der Waals surface area (Å²) in [5.74, 6) is -0.699. The van der Waals surface area contributed by atoms with Gasteiger partial charge in [-0.15, -0.1) is 0 Å². The SMILES string of the molecule is CC(=O)n1cc([C@H]2C=C(C(=O)NCCNc3ccc([N+](=O)[O-])cc3)O[C@@H](OCCOCCO)C2)c2ccccc21. The number of nitro groups is 1. The van der Waals surface area contributed by atoms with Crippen LogP contribution >= 0.6 is 0 Å². The number of nitro benzene ring substituents is 1. The van der Waals surface area contributed by atoms with Crippen molar-refractivity contribution in [3.8, 4) is 0 Å². The first-order chi connectivity index (χ1) is 19.4. The summed E-state index contributed by atoms with van der Waals surface area (Å²) in [6.07, 6.45) is 3.23. The van der Waals surface area contributed by atoms with E-state index >= 15 is 0 Å². The molecule has 1 aliphatic rings. The molecule has 12 heteroatoms. The van der Waals surface area contributed by atoms with Gasteiger partial charge < -0.3 is 30.0 Å². The summed E-state index contributed by atoms with van der Waals surface area (Å²) < 4.78 is 18.6. The topological polar surface area (TPSA) is 154 Å². The molecular weight excluding hydrogens is 520 g/mol. The smallest absolute Gasteiger partial charge is 0.286 e. The fourth-order valence-corrected chi connectivity index (χ4v) is 4.47. The number of aliphatic hydroxyl groups excluding tert-OH is 1. The summed E-state index contributed by atoms with van der Waals surface area (Å²) in [6.45, 7) is 2.73. The molecule has 3 aromatic rings. The van der Waals surface area contributed by atoms with Gasteiger partial charge in [0, 0.05) is 61.8 Å². The average Bonchev–Trinajstić information content (AvgIpc) is 3.35. The van der Waals surface area contributed by atoms with Crippen LogP contribution in [0.2, 0.25) is 0 Å². The van der Waals surface area contributed by atoms with Crippen LogP contribution in [0.1, 0.15) is 29.6 Å². The maximum absolute atomic E-state index is 13.1. The number of aliphatic hydroxyl groups is 1. The van der Waals surface area contributed by atoms with E-state index in [9.17, 15) is 19.7 Å². The molecule has 0 saturated carbocycles. The van der Waals surface area contributed by atoms with Crippen LogP contribution in [0.4, 0.5) is 11.4 Å². The van der Waals surface area contributed by atoms with Gasteiger partial charge in [-0.3, -0.25) is 24.3 Å². The highest BCUT2D eigenvalue weighted by Gasteiger charge is 2.30. The molecule has 0 spiro atoms. The molecule has 1 amide bonds. The number of amides is 1. The van der Waals surface area contributed by atoms with Crippen molar-refractivity contribution >= 4 is 34.1 Å². The summed E-state index contributed by atoms with van der Waals surface area (Å²) in [7, 11) is 0. The van der Waals surface area contributed by atoms with Gasteiger partial charge in [0.1, 0.15) is 0 Å². The minimum absolute atomic E-state index is 0.00190. The van der Waals surface area contributed by atoms with Crippen LogP contribution in [0.5, 0.6) is 0 Å². The second-order valence-electron chi connectivity index (χ2n) is 9.10. The number of benzene rings is 2. The molecule has 0 saturated heterocycles. The molecule has 4 rings (SSSR count). The number of allylic oxidation sites excluding steroid dienone is 1. The van der Waals surface area contributed by atoms with Crippen LogP contribution in [-0.4, -0.2) is 72.2 Å². The van der Waals surface area contributed by atoms with Gasteiger partial charge in [-0.1, -0.05) is 18.2 Å². The van der Waals surface area contributed by atoms with Gasteiger partial charge in [-0.2, -0.15) is 0 Å². The van der Waals surface area contributed by atoms with Crippen LogP contribution < -0.4 is 10.6 Å². The zero-order valence-electron chi connectivity index (χ0n) is 22.1. The molecule has 2 aromatic carbocycles. The molecule has 0 aliphatic carbocycles. The summed E-state index contributed by atoms with van der Waals surface area (Å²) in [4.78, 5) is 35.7. The Hall–Kier alpha value is -4.26. The molecule has 2 atom stereocenters. The van der Waals surface area contributed by atoms with Gasteiger partial charge in [-0.05, 0) is 29.8 Å². The van der Waals surface area contributed by atoms with Crippen molar-refractivity contribution in [2.45, 2.75) is 25.6 Å². The van der Waals surface area contributed by atoms with E-state index < -0.39 is 17.1 Å². The predicted molar refractivity (Wildman–Crippen MR) is 147 cm³/mol. The quantitative estimate of drug-likeness (QED) is 0.165. The van der Waals surface area contributed by atoms with Gasteiger partial charge in [0.15, 0.2) is 5.76 Å². The number of hydrogen-bond acceptors (Lipinski definition) is 9. The number of nitrogens with zero attached hydrogens (tertiary/aromatic N) is 2. The van der Waals surface area contributed by atoms with Crippen molar-refractivity contribution in [2.24, 2.45) is 0 Å². The Morgan fingerprint density at radius 3 is 2.62 bits per heavy atom. The molecule has 2 heterocycles. The molecule has 0 radical (unpaired) electrons. The van der Waals surface area contributed by atoms with Gasteiger partial charge >= 0.3 is 0 Å². The molecule has 1 aromatic heterocycles. The van der Waals surface area contributed by atoms with Crippen molar-refractivity contribution in [1.29, 1.82) is 0 Å². The van der Waals surface area contributed by atoms with Crippen LogP contribution in [0.15, 0.2) is 66.6 Å². The van der Waals surface area contributed by atoms with E-state index in [1.807, 2.05) is 24.3 Å². The number of anilines is 1. The minimum Gasteiger partial charge on any atom is -0.459 e. The van der Waals surface area contributed by atoms with E-state index in [-0.39, 0.29) is 56.2 Å². The second-order valence-corrected chi connectivity index (χ2v) is 9.10. The lowest BCUT2D eigenvalue weighted by atomic mass is 9.92. The number of fused-ring (bicyclic) bond motifs is 1. The number of para-hydroxylation sites is 1. The molecule has 212 valence electrons. The van der Waals surface area contributed by atoms with Gasteiger partial charge in [-0.25, -0.2) is 0 Å². The maximum Gasteiger partial charge on any atom is 0.286 e. The Bertz CT molecular complexity index is 1370. The first-order valence-electron chi connectivity index (χ1n) is 12.9. The Morgan fingerprint density at radius 1 is 1.12 bits per heavy atom. The normalized spacial score (nSPS) is 16.7. The van der Waals surface area contributed by atoms with Crippen molar-refractivity contribution in [2.75, 3.05) is 44.8 Å². The van der Waals surface area contributed by atoms with Crippen LogP contribution in [0.3, 0.4) is 0 Å².